The highest BCUT2D eigenvalue weighted by Gasteiger charge is 2.20. The maximum Gasteiger partial charge on any atom is 0.328 e. The number of allylic oxidation sites excluding steroid dienone is 1. The first kappa shape index (κ1) is 21.7. The quantitative estimate of drug-likeness (QED) is 0.452. The van der Waals surface area contributed by atoms with Crippen molar-refractivity contribution in [2.24, 2.45) is 0 Å². The predicted octanol–water partition coefficient (Wildman–Crippen LogP) is 6.60. The molecule has 3 aromatic rings. The average molecular weight is 443 g/mol. The fraction of sp³-hybridized carbons (Fsp3) is 0.357. The van der Waals surface area contributed by atoms with E-state index in [1.165, 1.54) is 54.0 Å². The summed E-state index contributed by atoms with van der Waals surface area (Å²) in [7, 11) is 0. The zero-order valence-corrected chi connectivity index (χ0v) is 18.9. The molecule has 5 nitrogen and oxygen atoms in total. The van der Waals surface area contributed by atoms with Crippen molar-refractivity contribution in [3.63, 3.8) is 0 Å². The fourth-order valence-electron chi connectivity index (χ4n) is 5.09. The van der Waals surface area contributed by atoms with Crippen LogP contribution < -0.4 is 0 Å². The van der Waals surface area contributed by atoms with Gasteiger partial charge in [0.1, 0.15) is 0 Å². The van der Waals surface area contributed by atoms with Gasteiger partial charge in [0.05, 0.1) is 11.7 Å². The second-order valence-corrected chi connectivity index (χ2v) is 9.02. The van der Waals surface area contributed by atoms with E-state index in [0.29, 0.717) is 0 Å². The SMILES string of the molecule is O=C(O)C=Cc1ccc(C(=C2CCCCC2)c2ccc3c(cnn3C3CCCCO3)c2)cc1. The Bertz CT molecular complexity index is 1190. The Morgan fingerprint density at radius 3 is 2.52 bits per heavy atom. The molecule has 0 bridgehead atoms. The van der Waals surface area contributed by atoms with Crippen molar-refractivity contribution in [3.05, 3.63) is 77.0 Å². The summed E-state index contributed by atoms with van der Waals surface area (Å²) in [5.41, 5.74) is 7.23. The van der Waals surface area contributed by atoms with Gasteiger partial charge in [-0.1, -0.05) is 42.3 Å². The topological polar surface area (TPSA) is 64.3 Å². The van der Waals surface area contributed by atoms with Crippen LogP contribution in [0, 0.1) is 0 Å². The molecule has 0 amide bonds. The second-order valence-electron chi connectivity index (χ2n) is 9.02. The summed E-state index contributed by atoms with van der Waals surface area (Å²) < 4.78 is 8.00. The smallest absolute Gasteiger partial charge is 0.328 e. The summed E-state index contributed by atoms with van der Waals surface area (Å²) in [6.45, 7) is 0.804. The number of carbonyl (C=O) groups is 1. The van der Waals surface area contributed by atoms with Crippen LogP contribution in [0.15, 0.2) is 60.3 Å². The van der Waals surface area contributed by atoms with Crippen LogP contribution in [0.4, 0.5) is 0 Å². The molecule has 1 unspecified atom stereocenters. The zero-order valence-electron chi connectivity index (χ0n) is 18.9. The van der Waals surface area contributed by atoms with Crippen LogP contribution in [0.25, 0.3) is 22.6 Å². The molecule has 1 aliphatic heterocycles. The molecule has 170 valence electrons. The van der Waals surface area contributed by atoms with Gasteiger partial charge in [-0.25, -0.2) is 9.48 Å². The molecule has 1 saturated carbocycles. The van der Waals surface area contributed by atoms with Crippen molar-refractivity contribution in [2.45, 2.75) is 57.6 Å². The highest BCUT2D eigenvalue weighted by molar-refractivity contribution is 5.89. The molecule has 2 aliphatic rings. The Morgan fingerprint density at radius 2 is 1.79 bits per heavy atom. The maximum absolute atomic E-state index is 10.8. The lowest BCUT2D eigenvalue weighted by molar-refractivity contribution is -0.131. The molecule has 1 aliphatic carbocycles. The van der Waals surface area contributed by atoms with Gasteiger partial charge in [-0.05, 0) is 85.4 Å². The van der Waals surface area contributed by atoms with E-state index in [4.69, 9.17) is 9.84 Å². The van der Waals surface area contributed by atoms with Crippen molar-refractivity contribution < 1.29 is 14.6 Å². The Hall–Kier alpha value is -3.18. The van der Waals surface area contributed by atoms with Crippen LogP contribution in [-0.2, 0) is 9.53 Å². The number of hydrogen-bond acceptors (Lipinski definition) is 3. The highest BCUT2D eigenvalue weighted by Crippen LogP contribution is 2.37. The Kier molecular flexibility index (Phi) is 6.40. The number of carboxylic acid groups (broad SMARTS) is 1. The number of rotatable bonds is 5. The first-order valence-electron chi connectivity index (χ1n) is 12.0. The zero-order chi connectivity index (χ0) is 22.6. The molecule has 2 heterocycles. The Balaban J connectivity index is 1.52. The van der Waals surface area contributed by atoms with E-state index in [1.54, 1.807) is 6.08 Å². The lowest BCUT2D eigenvalue weighted by atomic mass is 9.84. The molecule has 1 atom stereocenters. The molecule has 0 spiro atoms. The van der Waals surface area contributed by atoms with E-state index in [2.05, 4.69) is 35.4 Å². The number of hydrogen-bond donors (Lipinski definition) is 1. The monoisotopic (exact) mass is 442 g/mol. The number of fused-ring (bicyclic) bond motifs is 1. The van der Waals surface area contributed by atoms with E-state index in [9.17, 15) is 4.79 Å². The number of aromatic nitrogens is 2. The lowest BCUT2D eigenvalue weighted by Gasteiger charge is -2.23. The first-order chi connectivity index (χ1) is 16.2. The van der Waals surface area contributed by atoms with Gasteiger partial charge < -0.3 is 9.84 Å². The van der Waals surface area contributed by atoms with Gasteiger partial charge in [-0.2, -0.15) is 5.10 Å². The molecular formula is C28H30N2O3. The third kappa shape index (κ3) is 4.79. The molecule has 0 radical (unpaired) electrons. The van der Waals surface area contributed by atoms with Crippen LogP contribution >= 0.6 is 0 Å². The standard InChI is InChI=1S/C28H30N2O3/c31-27(32)16-11-20-9-12-22(13-10-20)28(21-6-2-1-3-7-21)23-14-15-25-24(18-23)19-29-30(25)26-8-4-5-17-33-26/h9-16,18-19,26H,1-8,17H2,(H,31,32). The van der Waals surface area contributed by atoms with Crippen molar-refractivity contribution in [1.29, 1.82) is 0 Å². The maximum atomic E-state index is 10.8. The van der Waals surface area contributed by atoms with Crippen molar-refractivity contribution >= 4 is 28.5 Å². The Morgan fingerprint density at radius 1 is 1.00 bits per heavy atom. The van der Waals surface area contributed by atoms with Crippen LogP contribution in [0.2, 0.25) is 0 Å². The molecule has 5 heteroatoms. The van der Waals surface area contributed by atoms with Gasteiger partial charge in [0.25, 0.3) is 0 Å². The lowest BCUT2D eigenvalue weighted by Crippen LogP contribution is -2.18. The van der Waals surface area contributed by atoms with Crippen molar-refractivity contribution in [2.75, 3.05) is 6.61 Å². The number of nitrogens with zero attached hydrogens (tertiary/aromatic N) is 2. The van der Waals surface area contributed by atoms with Gasteiger partial charge in [-0.15, -0.1) is 0 Å². The van der Waals surface area contributed by atoms with Gasteiger partial charge in [-0.3, -0.25) is 0 Å². The molecule has 1 aromatic heterocycles. The summed E-state index contributed by atoms with van der Waals surface area (Å²) in [5.74, 6) is -0.934. The average Bonchev–Trinajstić information content (AvgIpc) is 3.28. The number of benzene rings is 2. The van der Waals surface area contributed by atoms with E-state index in [-0.39, 0.29) is 6.23 Å². The summed E-state index contributed by atoms with van der Waals surface area (Å²) >= 11 is 0. The van der Waals surface area contributed by atoms with Crippen LogP contribution in [0.5, 0.6) is 0 Å². The van der Waals surface area contributed by atoms with Gasteiger partial charge in [0.15, 0.2) is 6.23 Å². The molecule has 2 aromatic carbocycles. The van der Waals surface area contributed by atoms with Gasteiger partial charge in [0.2, 0.25) is 0 Å². The van der Waals surface area contributed by atoms with Crippen molar-refractivity contribution in [3.8, 4) is 0 Å². The predicted molar refractivity (Wildman–Crippen MR) is 131 cm³/mol. The molecule has 1 N–H and O–H groups in total. The first-order valence-corrected chi connectivity index (χ1v) is 12.0. The summed E-state index contributed by atoms with van der Waals surface area (Å²) in [5, 5.41) is 14.7. The fourth-order valence-corrected chi connectivity index (χ4v) is 5.09. The minimum Gasteiger partial charge on any atom is -0.478 e. The van der Waals surface area contributed by atoms with E-state index >= 15 is 0 Å². The van der Waals surface area contributed by atoms with Crippen LogP contribution in [0.1, 0.15) is 74.3 Å². The molecular weight excluding hydrogens is 412 g/mol. The molecule has 33 heavy (non-hydrogen) atoms. The van der Waals surface area contributed by atoms with Crippen molar-refractivity contribution in [1.82, 2.24) is 9.78 Å². The minimum atomic E-state index is -0.934. The third-order valence-electron chi connectivity index (χ3n) is 6.74. The summed E-state index contributed by atoms with van der Waals surface area (Å²) in [6, 6.07) is 14.9. The van der Waals surface area contributed by atoms with Crippen LogP contribution in [0.3, 0.4) is 0 Å². The van der Waals surface area contributed by atoms with E-state index < -0.39 is 5.97 Å². The molecule has 2 fully saturated rings. The van der Waals surface area contributed by atoms with E-state index in [0.717, 1.165) is 48.8 Å². The summed E-state index contributed by atoms with van der Waals surface area (Å²) in [6.07, 6.45) is 14.1. The number of carboxylic acids is 1. The number of ether oxygens (including phenoxy) is 1. The van der Waals surface area contributed by atoms with Gasteiger partial charge in [0, 0.05) is 18.1 Å². The van der Waals surface area contributed by atoms with Gasteiger partial charge >= 0.3 is 5.97 Å². The molecule has 5 rings (SSSR count). The normalized spacial score (nSPS) is 19.3. The minimum absolute atomic E-state index is 0.0321. The summed E-state index contributed by atoms with van der Waals surface area (Å²) in [4.78, 5) is 10.8. The van der Waals surface area contributed by atoms with Crippen LogP contribution in [-0.4, -0.2) is 27.5 Å². The second kappa shape index (κ2) is 9.75. The molecule has 1 saturated heterocycles. The highest BCUT2D eigenvalue weighted by atomic mass is 16.5. The third-order valence-corrected chi connectivity index (χ3v) is 6.74. The number of aliphatic carboxylic acids is 1. The largest absolute Gasteiger partial charge is 0.478 e. The van der Waals surface area contributed by atoms with E-state index in [1.807, 2.05) is 23.0 Å². The Labute approximate surface area is 194 Å².